The van der Waals surface area contributed by atoms with Crippen molar-refractivity contribution in [3.63, 3.8) is 0 Å². The molecule has 6 heteroatoms. The number of hydrogen-bond acceptors (Lipinski definition) is 5. The minimum atomic E-state index is -0.883. The van der Waals surface area contributed by atoms with Crippen molar-refractivity contribution in [3.8, 4) is 0 Å². The SMILES string of the molecule is COC(=O)CCC(NC(=O)c1ccccc1)C(=O)OC. The summed E-state index contributed by atoms with van der Waals surface area (Å²) in [5.74, 6) is -1.45. The predicted octanol–water partition coefficient (Wildman–Crippen LogP) is 0.911. The Morgan fingerprint density at radius 1 is 1.10 bits per heavy atom. The molecule has 0 fully saturated rings. The lowest BCUT2D eigenvalue weighted by Gasteiger charge is -2.15. The lowest BCUT2D eigenvalue weighted by molar-refractivity contribution is -0.144. The Labute approximate surface area is 117 Å². The Hall–Kier alpha value is -2.37. The molecule has 1 rings (SSSR count). The molecule has 0 aliphatic carbocycles. The first-order chi connectivity index (χ1) is 9.58. The fraction of sp³-hybridized carbons (Fsp3) is 0.357. The third-order valence-electron chi connectivity index (χ3n) is 2.69. The van der Waals surface area contributed by atoms with Crippen LogP contribution in [0.1, 0.15) is 23.2 Å². The van der Waals surface area contributed by atoms with Crippen LogP contribution in [0.5, 0.6) is 0 Å². The quantitative estimate of drug-likeness (QED) is 0.783. The number of carbonyl (C=O) groups is 3. The summed E-state index contributed by atoms with van der Waals surface area (Å²) in [6.45, 7) is 0. The van der Waals surface area contributed by atoms with Crippen LogP contribution < -0.4 is 5.32 Å². The van der Waals surface area contributed by atoms with E-state index in [9.17, 15) is 14.4 Å². The van der Waals surface area contributed by atoms with E-state index in [0.717, 1.165) is 0 Å². The standard InChI is InChI=1S/C14H17NO5/c1-19-12(16)9-8-11(14(18)20-2)15-13(17)10-6-4-3-5-7-10/h3-7,11H,8-9H2,1-2H3,(H,15,17). The van der Waals surface area contributed by atoms with E-state index in [1.807, 2.05) is 0 Å². The molecule has 6 nitrogen and oxygen atoms in total. The zero-order valence-electron chi connectivity index (χ0n) is 11.4. The van der Waals surface area contributed by atoms with E-state index in [1.54, 1.807) is 30.3 Å². The molecule has 0 spiro atoms. The van der Waals surface area contributed by atoms with Crippen molar-refractivity contribution in [2.24, 2.45) is 0 Å². The number of esters is 2. The van der Waals surface area contributed by atoms with Gasteiger partial charge in [-0.15, -0.1) is 0 Å². The van der Waals surface area contributed by atoms with Crippen molar-refractivity contribution < 1.29 is 23.9 Å². The van der Waals surface area contributed by atoms with Crippen LogP contribution in [-0.4, -0.2) is 38.1 Å². The van der Waals surface area contributed by atoms with Crippen LogP contribution in [-0.2, 0) is 19.1 Å². The van der Waals surface area contributed by atoms with Gasteiger partial charge in [0.2, 0.25) is 0 Å². The van der Waals surface area contributed by atoms with Crippen molar-refractivity contribution in [2.45, 2.75) is 18.9 Å². The Morgan fingerprint density at radius 2 is 1.75 bits per heavy atom. The van der Waals surface area contributed by atoms with Crippen molar-refractivity contribution in [1.29, 1.82) is 0 Å². The molecule has 0 saturated carbocycles. The van der Waals surface area contributed by atoms with E-state index >= 15 is 0 Å². The summed E-state index contributed by atoms with van der Waals surface area (Å²) in [7, 11) is 2.49. The molecule has 0 saturated heterocycles. The molecule has 20 heavy (non-hydrogen) atoms. The van der Waals surface area contributed by atoms with E-state index < -0.39 is 23.9 Å². The monoisotopic (exact) mass is 279 g/mol. The lowest BCUT2D eigenvalue weighted by Crippen LogP contribution is -2.41. The molecular weight excluding hydrogens is 262 g/mol. The van der Waals surface area contributed by atoms with Crippen LogP contribution in [0.15, 0.2) is 30.3 Å². The molecule has 0 heterocycles. The first-order valence-electron chi connectivity index (χ1n) is 6.09. The van der Waals surface area contributed by atoms with Gasteiger partial charge in [0.05, 0.1) is 14.2 Å². The number of ether oxygens (including phenoxy) is 2. The average Bonchev–Trinajstić information content (AvgIpc) is 2.50. The molecule has 0 bridgehead atoms. The number of methoxy groups -OCH3 is 2. The Balaban J connectivity index is 2.67. The number of nitrogens with one attached hydrogen (secondary N) is 1. The molecule has 1 atom stereocenters. The zero-order valence-corrected chi connectivity index (χ0v) is 11.4. The zero-order chi connectivity index (χ0) is 15.0. The second-order valence-corrected chi connectivity index (χ2v) is 4.03. The molecule has 0 aromatic heterocycles. The van der Waals surface area contributed by atoms with E-state index in [0.29, 0.717) is 5.56 Å². The molecule has 0 aliphatic rings. The average molecular weight is 279 g/mol. The van der Waals surface area contributed by atoms with Gasteiger partial charge in [0.25, 0.3) is 5.91 Å². The summed E-state index contributed by atoms with van der Waals surface area (Å²) in [4.78, 5) is 34.6. The van der Waals surface area contributed by atoms with Crippen molar-refractivity contribution in [2.75, 3.05) is 14.2 Å². The van der Waals surface area contributed by atoms with E-state index in [-0.39, 0.29) is 12.8 Å². The minimum Gasteiger partial charge on any atom is -0.469 e. The maximum absolute atomic E-state index is 12.0. The highest BCUT2D eigenvalue weighted by Crippen LogP contribution is 2.04. The highest BCUT2D eigenvalue weighted by Gasteiger charge is 2.23. The van der Waals surface area contributed by atoms with Crippen molar-refractivity contribution >= 4 is 17.8 Å². The third-order valence-corrected chi connectivity index (χ3v) is 2.69. The maximum Gasteiger partial charge on any atom is 0.328 e. The fourth-order valence-corrected chi connectivity index (χ4v) is 1.59. The van der Waals surface area contributed by atoms with Gasteiger partial charge < -0.3 is 14.8 Å². The van der Waals surface area contributed by atoms with E-state index in [4.69, 9.17) is 0 Å². The highest BCUT2D eigenvalue weighted by atomic mass is 16.5. The fourth-order valence-electron chi connectivity index (χ4n) is 1.59. The van der Waals surface area contributed by atoms with Gasteiger partial charge in [0, 0.05) is 12.0 Å². The summed E-state index contributed by atoms with van der Waals surface area (Å²) in [6, 6.07) is 7.60. The van der Waals surface area contributed by atoms with Crippen LogP contribution in [0.3, 0.4) is 0 Å². The molecule has 1 aromatic rings. The molecule has 108 valence electrons. The van der Waals surface area contributed by atoms with Gasteiger partial charge in [-0.25, -0.2) is 4.79 Å². The lowest BCUT2D eigenvalue weighted by atomic mass is 10.1. The molecular formula is C14H17NO5. The topological polar surface area (TPSA) is 81.7 Å². The van der Waals surface area contributed by atoms with Gasteiger partial charge in [-0.1, -0.05) is 18.2 Å². The molecule has 1 aromatic carbocycles. The number of amides is 1. The Morgan fingerprint density at radius 3 is 2.30 bits per heavy atom. The van der Waals surface area contributed by atoms with Crippen LogP contribution >= 0.6 is 0 Å². The van der Waals surface area contributed by atoms with Gasteiger partial charge in [0.1, 0.15) is 6.04 Å². The van der Waals surface area contributed by atoms with Crippen LogP contribution in [0.25, 0.3) is 0 Å². The van der Waals surface area contributed by atoms with E-state index in [1.165, 1.54) is 14.2 Å². The first-order valence-corrected chi connectivity index (χ1v) is 6.09. The predicted molar refractivity (Wildman–Crippen MR) is 71.0 cm³/mol. The first kappa shape index (κ1) is 15.7. The van der Waals surface area contributed by atoms with Crippen molar-refractivity contribution in [3.05, 3.63) is 35.9 Å². The number of hydrogen-bond donors (Lipinski definition) is 1. The Bertz CT molecular complexity index is 472. The number of benzene rings is 1. The smallest absolute Gasteiger partial charge is 0.328 e. The number of rotatable bonds is 6. The maximum atomic E-state index is 12.0. The van der Waals surface area contributed by atoms with Gasteiger partial charge in [0.15, 0.2) is 0 Å². The van der Waals surface area contributed by atoms with Crippen LogP contribution in [0.2, 0.25) is 0 Å². The summed E-state index contributed by atoms with van der Waals surface area (Å²) >= 11 is 0. The second kappa shape index (κ2) is 7.93. The second-order valence-electron chi connectivity index (χ2n) is 4.03. The molecule has 1 amide bonds. The molecule has 0 radical (unpaired) electrons. The summed E-state index contributed by atoms with van der Waals surface area (Å²) < 4.78 is 9.11. The highest BCUT2D eigenvalue weighted by molar-refractivity contribution is 5.96. The molecule has 0 aliphatic heterocycles. The van der Waals surface area contributed by atoms with Gasteiger partial charge in [-0.05, 0) is 18.6 Å². The van der Waals surface area contributed by atoms with E-state index in [2.05, 4.69) is 14.8 Å². The molecule has 1 N–H and O–H groups in total. The van der Waals surface area contributed by atoms with Crippen LogP contribution in [0, 0.1) is 0 Å². The third kappa shape index (κ3) is 4.72. The minimum absolute atomic E-state index is 0.0192. The summed E-state index contributed by atoms with van der Waals surface area (Å²) in [6.07, 6.45) is 0.142. The van der Waals surface area contributed by atoms with Gasteiger partial charge >= 0.3 is 11.9 Å². The molecule has 1 unspecified atom stereocenters. The largest absolute Gasteiger partial charge is 0.469 e. The summed E-state index contributed by atoms with van der Waals surface area (Å²) in [5.41, 5.74) is 0.430. The Kier molecular flexibility index (Phi) is 6.22. The van der Waals surface area contributed by atoms with Gasteiger partial charge in [-0.2, -0.15) is 0 Å². The van der Waals surface area contributed by atoms with Crippen LogP contribution in [0.4, 0.5) is 0 Å². The van der Waals surface area contributed by atoms with Gasteiger partial charge in [-0.3, -0.25) is 9.59 Å². The summed E-state index contributed by atoms with van der Waals surface area (Å²) in [5, 5.41) is 2.54. The normalized spacial score (nSPS) is 11.3. The number of carbonyl (C=O) groups excluding carboxylic acids is 3. The van der Waals surface area contributed by atoms with Crippen molar-refractivity contribution in [1.82, 2.24) is 5.32 Å².